The molecule has 0 aliphatic rings. The van der Waals surface area contributed by atoms with Crippen LogP contribution in [0.2, 0.25) is 0 Å². The number of nitrogens with one attached hydrogen (secondary N) is 3. The maximum atomic E-state index is 12.9. The molecule has 0 saturated carbocycles. The summed E-state index contributed by atoms with van der Waals surface area (Å²) >= 11 is 4.96. The van der Waals surface area contributed by atoms with Crippen molar-refractivity contribution >= 4 is 33.3 Å². The number of carbonyl (C=O) groups excluding carboxylic acids is 1. The first-order chi connectivity index (χ1) is 16.9. The van der Waals surface area contributed by atoms with Crippen LogP contribution in [0.25, 0.3) is 0 Å². The Kier molecular flexibility index (Phi) is 10.5. The van der Waals surface area contributed by atoms with Crippen molar-refractivity contribution in [2.75, 3.05) is 41.0 Å². The van der Waals surface area contributed by atoms with Gasteiger partial charge in [0.1, 0.15) is 23.0 Å². The van der Waals surface area contributed by atoms with Gasteiger partial charge in [-0.3, -0.25) is 9.52 Å². The zero-order chi connectivity index (χ0) is 26.9. The van der Waals surface area contributed by atoms with Crippen molar-refractivity contribution in [1.29, 1.82) is 0 Å². The first kappa shape index (κ1) is 29.3. The molecule has 2 aromatic rings. The summed E-state index contributed by atoms with van der Waals surface area (Å²) in [5, 5.41) is 5.44. The van der Waals surface area contributed by atoms with E-state index in [1.54, 1.807) is 18.2 Å². The van der Waals surface area contributed by atoms with Gasteiger partial charge in [0.15, 0.2) is 5.11 Å². The van der Waals surface area contributed by atoms with Crippen LogP contribution in [0.4, 0.5) is 0 Å². The normalized spacial score (nSPS) is 11.5. The lowest BCUT2D eigenvalue weighted by Crippen LogP contribution is -2.37. The molecule has 0 bridgehead atoms. The van der Waals surface area contributed by atoms with Gasteiger partial charge in [-0.05, 0) is 59.4 Å². The van der Waals surface area contributed by atoms with Gasteiger partial charge in [-0.1, -0.05) is 32.9 Å². The maximum absolute atomic E-state index is 12.9. The van der Waals surface area contributed by atoms with Gasteiger partial charge in [-0.2, -0.15) is 0 Å². The molecule has 1 amide bonds. The fourth-order valence-electron chi connectivity index (χ4n) is 3.27. The number of rotatable bonds is 11. The Bertz CT molecular complexity index is 1180. The van der Waals surface area contributed by atoms with E-state index in [1.807, 2.05) is 12.1 Å². The molecule has 0 aromatic heterocycles. The molecule has 0 aliphatic heterocycles. The van der Waals surface area contributed by atoms with Gasteiger partial charge in [0, 0.05) is 20.7 Å². The number of carbonyl (C=O) groups is 1. The number of benzene rings is 2. The number of thiocarbonyl (C=S) groups is 1. The minimum Gasteiger partial charge on any atom is -0.496 e. The first-order valence-corrected chi connectivity index (χ1v) is 13.3. The van der Waals surface area contributed by atoms with Crippen molar-refractivity contribution in [2.45, 2.75) is 37.5 Å². The number of hydrogen-bond donors (Lipinski definition) is 3. The Labute approximate surface area is 219 Å². The number of sulfonamides is 1. The number of amides is 1. The molecule has 0 saturated heterocycles. The molecule has 0 unspecified atom stereocenters. The highest BCUT2D eigenvalue weighted by molar-refractivity contribution is 7.92. The molecule has 2 rings (SSSR count). The largest absolute Gasteiger partial charge is 0.496 e. The molecular weight excluding hydrogens is 502 g/mol. The van der Waals surface area contributed by atoms with E-state index in [9.17, 15) is 13.2 Å². The SMILES string of the molecule is CNC(=S)NS(=O)(=O)c1cc(CCNC(=O)c2cc(C(C)(C)C)ccc2OC)ccc1OCCOC. The van der Waals surface area contributed by atoms with Crippen LogP contribution in [0.15, 0.2) is 41.3 Å². The van der Waals surface area contributed by atoms with Gasteiger partial charge in [0.25, 0.3) is 15.9 Å². The third-order valence-electron chi connectivity index (χ3n) is 5.31. The molecule has 0 aliphatic carbocycles. The quantitative estimate of drug-likeness (QED) is 0.296. The van der Waals surface area contributed by atoms with Crippen molar-refractivity contribution < 1.29 is 27.4 Å². The van der Waals surface area contributed by atoms with Crippen LogP contribution >= 0.6 is 12.2 Å². The van der Waals surface area contributed by atoms with E-state index in [4.69, 9.17) is 26.4 Å². The zero-order valence-electron chi connectivity index (χ0n) is 21.6. The van der Waals surface area contributed by atoms with Gasteiger partial charge in [0.05, 0.1) is 19.3 Å². The molecule has 0 heterocycles. The second-order valence-corrected chi connectivity index (χ2v) is 11.0. The fourth-order valence-corrected chi connectivity index (χ4v) is 4.75. The Morgan fingerprint density at radius 2 is 1.72 bits per heavy atom. The average Bonchev–Trinajstić information content (AvgIpc) is 2.83. The van der Waals surface area contributed by atoms with Crippen LogP contribution in [-0.2, 0) is 26.6 Å². The lowest BCUT2D eigenvalue weighted by molar-refractivity contribution is 0.0951. The van der Waals surface area contributed by atoms with Crippen molar-refractivity contribution in [1.82, 2.24) is 15.4 Å². The van der Waals surface area contributed by atoms with Gasteiger partial charge >= 0.3 is 0 Å². The van der Waals surface area contributed by atoms with E-state index in [2.05, 4.69) is 36.1 Å². The topological polar surface area (TPSA) is 115 Å². The van der Waals surface area contributed by atoms with E-state index in [0.29, 0.717) is 29.9 Å². The third kappa shape index (κ3) is 8.07. The van der Waals surface area contributed by atoms with Gasteiger partial charge in [0.2, 0.25) is 0 Å². The van der Waals surface area contributed by atoms with E-state index >= 15 is 0 Å². The van der Waals surface area contributed by atoms with E-state index in [0.717, 1.165) is 5.56 Å². The molecule has 0 atom stereocenters. The van der Waals surface area contributed by atoms with Gasteiger partial charge in [-0.25, -0.2) is 8.42 Å². The maximum Gasteiger partial charge on any atom is 0.267 e. The minimum absolute atomic E-state index is 0.0399. The summed E-state index contributed by atoms with van der Waals surface area (Å²) in [6.45, 7) is 6.98. The monoisotopic (exact) mass is 537 g/mol. The lowest BCUT2D eigenvalue weighted by atomic mass is 9.86. The molecule has 3 N–H and O–H groups in total. The van der Waals surface area contributed by atoms with Crippen LogP contribution in [0.3, 0.4) is 0 Å². The Hall–Kier alpha value is -2.89. The second-order valence-electron chi connectivity index (χ2n) is 8.98. The first-order valence-electron chi connectivity index (χ1n) is 11.4. The average molecular weight is 538 g/mol. The smallest absolute Gasteiger partial charge is 0.267 e. The molecule has 11 heteroatoms. The van der Waals surface area contributed by atoms with Crippen LogP contribution < -0.4 is 24.8 Å². The number of ether oxygens (including phenoxy) is 3. The van der Waals surface area contributed by atoms with Crippen LogP contribution in [-0.4, -0.2) is 60.5 Å². The van der Waals surface area contributed by atoms with E-state index < -0.39 is 10.0 Å². The molecule has 0 radical (unpaired) electrons. The highest BCUT2D eigenvalue weighted by Gasteiger charge is 2.22. The summed E-state index contributed by atoms with van der Waals surface area (Å²) in [7, 11) is 0.573. The Morgan fingerprint density at radius 3 is 2.33 bits per heavy atom. The highest BCUT2D eigenvalue weighted by atomic mass is 32.2. The second kappa shape index (κ2) is 12.9. The van der Waals surface area contributed by atoms with E-state index in [1.165, 1.54) is 27.3 Å². The zero-order valence-corrected chi connectivity index (χ0v) is 23.2. The summed E-state index contributed by atoms with van der Waals surface area (Å²) in [5.41, 5.74) is 2.03. The summed E-state index contributed by atoms with van der Waals surface area (Å²) in [6.07, 6.45) is 0.393. The Balaban J connectivity index is 2.21. The van der Waals surface area contributed by atoms with Crippen LogP contribution in [0.1, 0.15) is 42.3 Å². The third-order valence-corrected chi connectivity index (χ3v) is 7.11. The summed E-state index contributed by atoms with van der Waals surface area (Å²) in [6, 6.07) is 10.4. The fraction of sp³-hybridized carbons (Fsp3) is 0.440. The van der Waals surface area contributed by atoms with E-state index in [-0.39, 0.29) is 40.2 Å². The molecule has 36 heavy (non-hydrogen) atoms. The molecule has 9 nitrogen and oxygen atoms in total. The number of hydrogen-bond acceptors (Lipinski definition) is 7. The molecule has 2 aromatic carbocycles. The standard InChI is InChI=1S/C25H35N3O6S2/c1-25(2,3)18-8-10-20(33-6)19(16-18)23(29)27-12-11-17-7-9-21(34-14-13-32-5)22(15-17)36(30,31)28-24(35)26-4/h7-10,15-16H,11-14H2,1-6H3,(H,27,29)(H2,26,28,35). The predicted octanol–water partition coefficient (Wildman–Crippen LogP) is 2.77. The van der Waals surface area contributed by atoms with Crippen molar-refractivity contribution in [3.8, 4) is 11.5 Å². The van der Waals surface area contributed by atoms with Crippen LogP contribution in [0, 0.1) is 0 Å². The van der Waals surface area contributed by atoms with Crippen molar-refractivity contribution in [3.63, 3.8) is 0 Å². The Morgan fingerprint density at radius 1 is 1.03 bits per heavy atom. The summed E-state index contributed by atoms with van der Waals surface area (Å²) in [5.74, 6) is 0.388. The molecular formula is C25H35N3O6S2. The minimum atomic E-state index is -4.00. The summed E-state index contributed by atoms with van der Waals surface area (Å²) in [4.78, 5) is 12.9. The van der Waals surface area contributed by atoms with Gasteiger partial charge < -0.3 is 24.8 Å². The predicted molar refractivity (Wildman–Crippen MR) is 144 cm³/mol. The lowest BCUT2D eigenvalue weighted by Gasteiger charge is -2.21. The molecule has 198 valence electrons. The summed E-state index contributed by atoms with van der Waals surface area (Å²) < 4.78 is 44.1. The molecule has 0 spiro atoms. The molecule has 0 fully saturated rings. The number of methoxy groups -OCH3 is 2. The van der Waals surface area contributed by atoms with Gasteiger partial charge in [-0.15, -0.1) is 0 Å². The highest BCUT2D eigenvalue weighted by Crippen LogP contribution is 2.28. The van der Waals surface area contributed by atoms with Crippen molar-refractivity contribution in [3.05, 3.63) is 53.1 Å². The van der Waals surface area contributed by atoms with Crippen molar-refractivity contribution in [2.24, 2.45) is 0 Å². The van der Waals surface area contributed by atoms with Crippen LogP contribution in [0.5, 0.6) is 11.5 Å².